The number of rotatable bonds is 4. The number of carbonyl (C=O) groups excluding carboxylic acids is 1. The molecule has 0 fully saturated rings. The zero-order valence-corrected chi connectivity index (χ0v) is 15.0. The zero-order chi connectivity index (χ0) is 15.4. The third kappa shape index (κ3) is 4.15. The molecule has 0 radical (unpaired) electrons. The number of pyridine rings is 2. The minimum absolute atomic E-state index is 0. The van der Waals surface area contributed by atoms with Crippen LogP contribution in [0, 0.1) is 25.2 Å². The van der Waals surface area contributed by atoms with E-state index in [4.69, 9.17) is 5.26 Å². The van der Waals surface area contributed by atoms with Gasteiger partial charge in [-0.25, -0.2) is 4.98 Å². The number of hydrogen-bond acceptors (Lipinski definition) is 4. The smallest absolute Gasteiger partial charge is 0.229 e. The van der Waals surface area contributed by atoms with Gasteiger partial charge in [-0.1, -0.05) is 0 Å². The van der Waals surface area contributed by atoms with Gasteiger partial charge < -0.3 is 17.0 Å². The van der Waals surface area contributed by atoms with Crippen molar-refractivity contribution >= 4 is 17.5 Å². The maximum absolute atomic E-state index is 12.4. The summed E-state index contributed by atoms with van der Waals surface area (Å²) in [5, 5.41) is 9.81. The highest BCUT2D eigenvalue weighted by molar-refractivity contribution is 7.98. The Morgan fingerprint density at radius 3 is 2.55 bits per heavy atom. The third-order valence-corrected chi connectivity index (χ3v) is 3.87. The van der Waals surface area contributed by atoms with Crippen molar-refractivity contribution in [2.45, 2.75) is 25.4 Å². The van der Waals surface area contributed by atoms with E-state index < -0.39 is 0 Å². The lowest BCUT2D eigenvalue weighted by molar-refractivity contribution is -0.683. The van der Waals surface area contributed by atoms with Gasteiger partial charge in [0.25, 0.3) is 0 Å². The number of aryl methyl sites for hydroxylation is 2. The summed E-state index contributed by atoms with van der Waals surface area (Å²) >= 11 is 1.41. The molecule has 2 aromatic rings. The van der Waals surface area contributed by atoms with E-state index in [1.54, 1.807) is 13.0 Å². The summed E-state index contributed by atoms with van der Waals surface area (Å²) in [6, 6.07) is 7.65. The molecular formula is C16H16BrN3OS. The monoisotopic (exact) mass is 377 g/mol. The van der Waals surface area contributed by atoms with Crippen LogP contribution in [0.25, 0.3) is 0 Å². The number of aromatic nitrogens is 2. The van der Waals surface area contributed by atoms with Crippen LogP contribution in [-0.4, -0.2) is 17.0 Å². The van der Waals surface area contributed by atoms with E-state index in [0.717, 1.165) is 5.56 Å². The Bertz CT molecular complexity index is 723. The maximum atomic E-state index is 12.4. The van der Waals surface area contributed by atoms with E-state index in [2.05, 4.69) is 11.1 Å². The Hall–Kier alpha value is -1.71. The van der Waals surface area contributed by atoms with E-state index >= 15 is 0 Å². The minimum atomic E-state index is -0.0435. The third-order valence-electron chi connectivity index (χ3n) is 3.18. The van der Waals surface area contributed by atoms with Crippen LogP contribution in [0.3, 0.4) is 0 Å². The highest BCUT2D eigenvalue weighted by atomic mass is 79.9. The van der Waals surface area contributed by atoms with Gasteiger partial charge in [0.1, 0.15) is 11.1 Å². The SMILES string of the molecule is CSc1nc(C)c(C(=O)C[n+]2ccc(C)cc2)cc1C#N.[Br-]. The number of hydrogen-bond donors (Lipinski definition) is 0. The Labute approximate surface area is 145 Å². The molecule has 0 atom stereocenters. The van der Waals surface area contributed by atoms with Crippen molar-refractivity contribution in [3.05, 3.63) is 53.0 Å². The Kier molecular flexibility index (Phi) is 6.72. The lowest BCUT2D eigenvalue weighted by atomic mass is 10.1. The number of nitrogens with zero attached hydrogens (tertiary/aromatic N) is 3. The number of ketones is 1. The molecule has 114 valence electrons. The van der Waals surface area contributed by atoms with Crippen molar-refractivity contribution in [2.75, 3.05) is 6.26 Å². The number of Topliss-reactive ketones (excluding diaryl/α,β-unsaturated/α-hetero) is 1. The molecule has 0 unspecified atom stereocenters. The van der Waals surface area contributed by atoms with Crippen LogP contribution < -0.4 is 21.5 Å². The molecule has 0 aliphatic carbocycles. The summed E-state index contributed by atoms with van der Waals surface area (Å²) in [6.07, 6.45) is 5.61. The minimum Gasteiger partial charge on any atom is -1.00 e. The molecule has 0 bridgehead atoms. The van der Waals surface area contributed by atoms with Crippen LogP contribution in [0.2, 0.25) is 0 Å². The summed E-state index contributed by atoms with van der Waals surface area (Å²) < 4.78 is 1.82. The van der Waals surface area contributed by atoms with Crippen molar-refractivity contribution < 1.29 is 26.3 Å². The van der Waals surface area contributed by atoms with Gasteiger partial charge in [-0.05, 0) is 31.7 Å². The van der Waals surface area contributed by atoms with Gasteiger partial charge in [0.15, 0.2) is 12.4 Å². The topological polar surface area (TPSA) is 57.6 Å². The molecule has 4 nitrogen and oxygen atoms in total. The summed E-state index contributed by atoms with van der Waals surface area (Å²) in [5.41, 5.74) is 2.77. The van der Waals surface area contributed by atoms with Crippen molar-refractivity contribution in [3.8, 4) is 6.07 Å². The van der Waals surface area contributed by atoms with Gasteiger partial charge in [-0.3, -0.25) is 4.79 Å². The van der Waals surface area contributed by atoms with Crippen LogP contribution in [0.1, 0.15) is 27.2 Å². The molecule has 0 spiro atoms. The van der Waals surface area contributed by atoms with Gasteiger partial charge in [-0.2, -0.15) is 9.83 Å². The van der Waals surface area contributed by atoms with Gasteiger partial charge >= 0.3 is 0 Å². The fourth-order valence-electron chi connectivity index (χ4n) is 1.99. The second-order valence-electron chi connectivity index (χ2n) is 4.76. The van der Waals surface area contributed by atoms with E-state index in [9.17, 15) is 4.79 Å². The number of halogens is 1. The molecule has 0 amide bonds. The van der Waals surface area contributed by atoms with Crippen molar-refractivity contribution in [1.82, 2.24) is 4.98 Å². The zero-order valence-electron chi connectivity index (χ0n) is 12.6. The van der Waals surface area contributed by atoms with Crippen LogP contribution in [0.15, 0.2) is 35.6 Å². The average Bonchev–Trinajstić information content (AvgIpc) is 2.49. The van der Waals surface area contributed by atoms with E-state index in [0.29, 0.717) is 21.8 Å². The second-order valence-corrected chi connectivity index (χ2v) is 5.56. The molecule has 0 N–H and O–H groups in total. The molecular weight excluding hydrogens is 362 g/mol. The summed E-state index contributed by atoms with van der Waals surface area (Å²) in [6.45, 7) is 4.04. The largest absolute Gasteiger partial charge is 1.00 e. The van der Waals surface area contributed by atoms with E-state index in [1.807, 2.05) is 42.3 Å². The molecule has 0 saturated carbocycles. The number of thioether (sulfide) groups is 1. The highest BCUT2D eigenvalue weighted by Gasteiger charge is 2.18. The van der Waals surface area contributed by atoms with Crippen molar-refractivity contribution in [1.29, 1.82) is 5.26 Å². The fraction of sp³-hybridized carbons (Fsp3) is 0.250. The highest BCUT2D eigenvalue weighted by Crippen LogP contribution is 2.20. The summed E-state index contributed by atoms with van der Waals surface area (Å²) in [5.74, 6) is -0.0435. The molecule has 0 aliphatic rings. The predicted octanol–water partition coefficient (Wildman–Crippen LogP) is -0.534. The predicted molar refractivity (Wildman–Crippen MR) is 81.2 cm³/mol. The molecule has 2 heterocycles. The lowest BCUT2D eigenvalue weighted by Gasteiger charge is -2.06. The van der Waals surface area contributed by atoms with Gasteiger partial charge in [0, 0.05) is 23.4 Å². The van der Waals surface area contributed by atoms with Crippen LogP contribution in [0.5, 0.6) is 0 Å². The second kappa shape index (κ2) is 8.06. The standard InChI is InChI=1S/C16H16N3OS.BrH/c1-11-4-6-19(7-5-11)10-15(20)14-8-13(9-17)16(21-3)18-12(14)2;/h4-8H,10H2,1-3H3;1H/q+1;/p-1. The van der Waals surface area contributed by atoms with Gasteiger partial charge in [0.2, 0.25) is 12.3 Å². The average molecular weight is 378 g/mol. The summed E-state index contributed by atoms with van der Waals surface area (Å²) in [4.78, 5) is 16.8. The van der Waals surface area contributed by atoms with Gasteiger partial charge in [-0.15, -0.1) is 11.8 Å². The van der Waals surface area contributed by atoms with E-state index in [1.165, 1.54) is 11.8 Å². The number of carbonyl (C=O) groups is 1. The molecule has 2 rings (SSSR count). The Morgan fingerprint density at radius 1 is 1.36 bits per heavy atom. The molecule has 6 heteroatoms. The molecule has 0 aliphatic heterocycles. The molecule has 22 heavy (non-hydrogen) atoms. The Morgan fingerprint density at radius 2 is 2.00 bits per heavy atom. The van der Waals surface area contributed by atoms with Crippen molar-refractivity contribution in [2.24, 2.45) is 0 Å². The van der Waals surface area contributed by atoms with Crippen LogP contribution in [-0.2, 0) is 6.54 Å². The summed E-state index contributed by atoms with van der Waals surface area (Å²) in [7, 11) is 0. The van der Waals surface area contributed by atoms with E-state index in [-0.39, 0.29) is 29.3 Å². The van der Waals surface area contributed by atoms with Crippen molar-refractivity contribution in [3.63, 3.8) is 0 Å². The number of nitriles is 1. The Balaban J connectivity index is 0.00000242. The lowest BCUT2D eigenvalue weighted by Crippen LogP contribution is -3.00. The molecule has 2 aromatic heterocycles. The first-order valence-electron chi connectivity index (χ1n) is 6.49. The first-order chi connectivity index (χ1) is 10.0. The normalized spacial score (nSPS) is 9.73. The van der Waals surface area contributed by atoms with Crippen LogP contribution in [0.4, 0.5) is 0 Å². The fourth-order valence-corrected chi connectivity index (χ4v) is 2.54. The quantitative estimate of drug-likeness (QED) is 0.408. The first kappa shape index (κ1) is 18.3. The van der Waals surface area contributed by atoms with Gasteiger partial charge in [0.05, 0.1) is 5.56 Å². The first-order valence-corrected chi connectivity index (χ1v) is 7.72. The molecule has 0 saturated heterocycles. The van der Waals surface area contributed by atoms with Crippen LogP contribution >= 0.6 is 11.8 Å². The maximum Gasteiger partial charge on any atom is 0.229 e. The molecule has 0 aromatic carbocycles.